The summed E-state index contributed by atoms with van der Waals surface area (Å²) in [4.78, 5) is 13.6. The predicted octanol–water partition coefficient (Wildman–Crippen LogP) is 3.98. The highest BCUT2D eigenvalue weighted by atomic mass is 19.4. The number of amides is 1. The Morgan fingerprint density at radius 2 is 1.67 bits per heavy atom. The second-order valence-electron chi connectivity index (χ2n) is 7.15. The highest BCUT2D eigenvalue weighted by molar-refractivity contribution is 5.91. The lowest BCUT2D eigenvalue weighted by Crippen LogP contribution is -2.15. The molecule has 0 fully saturated rings. The zero-order chi connectivity index (χ0) is 24.6. The van der Waals surface area contributed by atoms with Crippen LogP contribution in [-0.4, -0.2) is 30.5 Å². The second-order valence-corrected chi connectivity index (χ2v) is 7.15. The lowest BCUT2D eigenvalue weighted by molar-refractivity contribution is -0.142. The molecular formula is C19H17F7N6O. The Bertz CT molecular complexity index is 1140. The Hall–Kier alpha value is -3.45. The molecule has 0 unspecified atom stereocenters. The summed E-state index contributed by atoms with van der Waals surface area (Å²) >= 11 is 0. The number of aryl methyl sites for hydroxylation is 3. The minimum Gasteiger partial charge on any atom is -0.364 e. The summed E-state index contributed by atoms with van der Waals surface area (Å²) in [7, 11) is 1.22. The van der Waals surface area contributed by atoms with E-state index in [9.17, 15) is 35.5 Å². The number of alkyl halides is 6. The summed E-state index contributed by atoms with van der Waals surface area (Å²) in [5.41, 5.74) is 3.30. The lowest BCUT2D eigenvalue weighted by atomic mass is 10.1. The van der Waals surface area contributed by atoms with Gasteiger partial charge in [-0.2, -0.15) is 36.5 Å². The van der Waals surface area contributed by atoms with Crippen LogP contribution in [0.25, 0.3) is 11.3 Å². The molecule has 0 bridgehead atoms. The summed E-state index contributed by atoms with van der Waals surface area (Å²) < 4.78 is 90.2. The first-order valence-electron chi connectivity index (χ1n) is 9.48. The number of pyridine rings is 1. The van der Waals surface area contributed by atoms with Gasteiger partial charge in [-0.1, -0.05) is 0 Å². The number of rotatable bonds is 2. The van der Waals surface area contributed by atoms with Crippen LogP contribution in [0.3, 0.4) is 0 Å². The van der Waals surface area contributed by atoms with E-state index in [0.717, 1.165) is 29.6 Å². The highest BCUT2D eigenvalue weighted by Crippen LogP contribution is 2.32. The van der Waals surface area contributed by atoms with Crippen molar-refractivity contribution in [1.82, 2.24) is 24.5 Å². The topological polar surface area (TPSA) is 91.6 Å². The van der Waals surface area contributed by atoms with Gasteiger partial charge in [-0.25, -0.2) is 9.37 Å². The molecule has 1 amide bonds. The minimum absolute atomic E-state index is 0.158. The maximum absolute atomic E-state index is 13.7. The van der Waals surface area contributed by atoms with Gasteiger partial charge in [0.2, 0.25) is 0 Å². The van der Waals surface area contributed by atoms with Gasteiger partial charge in [-0.3, -0.25) is 14.2 Å². The van der Waals surface area contributed by atoms with Crippen molar-refractivity contribution in [3.63, 3.8) is 0 Å². The number of fused-ring (bicyclic) bond motifs is 1. The molecule has 0 atom stereocenters. The summed E-state index contributed by atoms with van der Waals surface area (Å²) in [6, 6.07) is 2.98. The van der Waals surface area contributed by atoms with Gasteiger partial charge < -0.3 is 5.73 Å². The number of halogens is 7. The zero-order valence-electron chi connectivity index (χ0n) is 17.0. The van der Waals surface area contributed by atoms with Crippen molar-refractivity contribution < 1.29 is 35.5 Å². The molecule has 7 nitrogen and oxygen atoms in total. The molecule has 33 heavy (non-hydrogen) atoms. The molecule has 4 rings (SSSR count). The fourth-order valence-corrected chi connectivity index (χ4v) is 3.18. The Kier molecular flexibility index (Phi) is 6.47. The number of hydrogen-bond donors (Lipinski definition) is 1. The summed E-state index contributed by atoms with van der Waals surface area (Å²) in [6.45, 7) is 0.716. The van der Waals surface area contributed by atoms with E-state index in [4.69, 9.17) is 5.73 Å². The molecule has 1 aliphatic rings. The fraction of sp³-hybridized carbons (Fsp3) is 0.368. The average Bonchev–Trinajstić information content (AvgIpc) is 3.31. The van der Waals surface area contributed by atoms with Gasteiger partial charge in [0, 0.05) is 30.9 Å². The largest absolute Gasteiger partial charge is 0.435 e. The average molecular weight is 478 g/mol. The second kappa shape index (κ2) is 8.83. The molecule has 0 spiro atoms. The maximum Gasteiger partial charge on any atom is 0.435 e. The number of hydrogen-bond acceptors (Lipinski definition) is 4. The Balaban J connectivity index is 0.000000205. The molecule has 0 aromatic carbocycles. The normalized spacial score (nSPS) is 13.8. The van der Waals surface area contributed by atoms with E-state index in [-0.39, 0.29) is 17.0 Å². The molecule has 3 aromatic heterocycles. The van der Waals surface area contributed by atoms with Crippen LogP contribution in [0, 0.1) is 5.82 Å². The number of nitrogens with zero attached hydrogens (tertiary/aromatic N) is 5. The van der Waals surface area contributed by atoms with Crippen LogP contribution in [0.1, 0.15) is 40.4 Å². The van der Waals surface area contributed by atoms with E-state index in [1.165, 1.54) is 7.05 Å². The third-order valence-electron chi connectivity index (χ3n) is 4.76. The fourth-order valence-electron chi connectivity index (χ4n) is 3.18. The van der Waals surface area contributed by atoms with Crippen molar-refractivity contribution in [3.05, 3.63) is 53.0 Å². The van der Waals surface area contributed by atoms with E-state index in [1.54, 1.807) is 10.7 Å². The van der Waals surface area contributed by atoms with E-state index >= 15 is 0 Å². The highest BCUT2D eigenvalue weighted by Gasteiger charge is 2.35. The zero-order valence-corrected chi connectivity index (χ0v) is 17.0. The molecule has 178 valence electrons. The van der Waals surface area contributed by atoms with Crippen LogP contribution in [-0.2, 0) is 32.4 Å². The molecule has 4 heterocycles. The molecular weight excluding hydrogens is 461 g/mol. The van der Waals surface area contributed by atoms with Crippen molar-refractivity contribution in [2.24, 2.45) is 12.8 Å². The third kappa shape index (κ3) is 5.49. The lowest BCUT2D eigenvalue weighted by Gasteiger charge is -2.11. The van der Waals surface area contributed by atoms with Gasteiger partial charge in [0.1, 0.15) is 11.4 Å². The molecule has 2 N–H and O–H groups in total. The van der Waals surface area contributed by atoms with Crippen LogP contribution in [0.4, 0.5) is 30.7 Å². The third-order valence-corrected chi connectivity index (χ3v) is 4.76. The SMILES string of the molecule is Cn1nc(C(F)(F)F)cc1C(N)=O.Fc1cnc(C(F)(F)F)cc1-c1cc2n(n1)CCCC2. The van der Waals surface area contributed by atoms with Gasteiger partial charge in [0.15, 0.2) is 11.5 Å². The summed E-state index contributed by atoms with van der Waals surface area (Å²) in [5, 5.41) is 7.28. The van der Waals surface area contributed by atoms with Gasteiger partial charge >= 0.3 is 12.4 Å². The van der Waals surface area contributed by atoms with Gasteiger partial charge in [0.05, 0.1) is 11.9 Å². The van der Waals surface area contributed by atoms with Crippen LogP contribution in [0.5, 0.6) is 0 Å². The number of nitrogens with two attached hydrogens (primary N) is 1. The van der Waals surface area contributed by atoms with Gasteiger partial charge in [-0.05, 0) is 31.4 Å². The van der Waals surface area contributed by atoms with Crippen LogP contribution in [0.15, 0.2) is 24.4 Å². The van der Waals surface area contributed by atoms with Crippen molar-refractivity contribution in [2.75, 3.05) is 0 Å². The Morgan fingerprint density at radius 1 is 1.00 bits per heavy atom. The van der Waals surface area contributed by atoms with Crippen molar-refractivity contribution in [2.45, 2.75) is 38.2 Å². The van der Waals surface area contributed by atoms with Crippen molar-refractivity contribution in [3.8, 4) is 11.3 Å². The first kappa shape index (κ1) is 24.2. The molecule has 1 aliphatic heterocycles. The summed E-state index contributed by atoms with van der Waals surface area (Å²) in [6.07, 6.45) is -5.76. The van der Waals surface area contributed by atoms with Crippen LogP contribution in [0.2, 0.25) is 0 Å². The van der Waals surface area contributed by atoms with Gasteiger partial charge in [0.25, 0.3) is 5.91 Å². The first-order valence-corrected chi connectivity index (χ1v) is 9.48. The molecule has 3 aromatic rings. The monoisotopic (exact) mass is 478 g/mol. The Labute approximate surface area is 182 Å². The number of carbonyl (C=O) groups is 1. The van der Waals surface area contributed by atoms with Crippen LogP contribution < -0.4 is 5.73 Å². The molecule has 14 heteroatoms. The molecule has 0 radical (unpaired) electrons. The smallest absolute Gasteiger partial charge is 0.364 e. The maximum atomic E-state index is 13.7. The standard InChI is InChI=1S/C13H11F4N3.C6H6F3N3O/c14-10-7-18-12(13(15,16)17)6-9(10)11-5-8-3-1-2-4-20(8)19-11;1-12-3(5(10)13)2-4(11-12)6(7,8)9/h5-7H,1-4H2;2H,1H3,(H2,10,13). The Morgan fingerprint density at radius 3 is 2.18 bits per heavy atom. The van der Waals surface area contributed by atoms with E-state index < -0.39 is 35.5 Å². The van der Waals surface area contributed by atoms with E-state index in [1.807, 2.05) is 0 Å². The van der Waals surface area contributed by atoms with Crippen LogP contribution >= 0.6 is 0 Å². The van der Waals surface area contributed by atoms with Gasteiger partial charge in [-0.15, -0.1) is 0 Å². The predicted molar refractivity (Wildman–Crippen MR) is 100 cm³/mol. The van der Waals surface area contributed by atoms with Crippen molar-refractivity contribution >= 4 is 5.91 Å². The summed E-state index contributed by atoms with van der Waals surface area (Å²) in [5.74, 6) is -1.74. The molecule has 0 aliphatic carbocycles. The molecule has 0 saturated carbocycles. The van der Waals surface area contributed by atoms with E-state index in [2.05, 4.69) is 15.2 Å². The first-order chi connectivity index (χ1) is 15.3. The van der Waals surface area contributed by atoms with Crippen molar-refractivity contribution in [1.29, 1.82) is 0 Å². The van der Waals surface area contributed by atoms with E-state index in [0.29, 0.717) is 24.9 Å². The molecule has 0 saturated heterocycles. The number of carbonyl (C=O) groups excluding carboxylic acids is 1. The number of aromatic nitrogens is 5. The minimum atomic E-state index is -4.60. The number of primary amides is 1. The quantitative estimate of drug-likeness (QED) is 0.565.